The Morgan fingerprint density at radius 2 is 2.00 bits per heavy atom. The van der Waals surface area contributed by atoms with Crippen LogP contribution in [0.1, 0.15) is 29.6 Å². The van der Waals surface area contributed by atoms with Crippen molar-refractivity contribution in [2.45, 2.75) is 24.9 Å². The summed E-state index contributed by atoms with van der Waals surface area (Å²) in [5.74, 6) is 0.678. The highest BCUT2D eigenvalue weighted by molar-refractivity contribution is 5.99. The minimum Gasteiger partial charge on any atom is -0.470 e. The summed E-state index contributed by atoms with van der Waals surface area (Å²) in [6, 6.07) is 3.57. The molecule has 0 radical (unpaired) electrons. The van der Waals surface area contributed by atoms with Gasteiger partial charge in [-0.15, -0.1) is 24.8 Å². The fourth-order valence-corrected chi connectivity index (χ4v) is 2.47. The van der Waals surface area contributed by atoms with Crippen LogP contribution in [0.5, 0.6) is 5.88 Å². The van der Waals surface area contributed by atoms with Gasteiger partial charge in [-0.2, -0.15) is 0 Å². The Hall–Kier alpha value is -0.840. The predicted molar refractivity (Wildman–Crippen MR) is 73.1 cm³/mol. The SMILES string of the molecule is Cl.Cl.O=C1CC2(CCNCC2)Oc2ncccc21. The lowest BCUT2D eigenvalue weighted by Gasteiger charge is -2.40. The maximum atomic E-state index is 12.0. The highest BCUT2D eigenvalue weighted by Crippen LogP contribution is 2.36. The highest BCUT2D eigenvalue weighted by atomic mass is 35.5. The van der Waals surface area contributed by atoms with Gasteiger partial charge in [0.25, 0.3) is 0 Å². The van der Waals surface area contributed by atoms with Gasteiger partial charge in [0.15, 0.2) is 5.78 Å². The van der Waals surface area contributed by atoms with E-state index in [2.05, 4.69) is 10.3 Å². The lowest BCUT2D eigenvalue weighted by molar-refractivity contribution is 0.0149. The van der Waals surface area contributed by atoms with Crippen LogP contribution < -0.4 is 10.1 Å². The van der Waals surface area contributed by atoms with E-state index in [1.807, 2.05) is 0 Å². The lowest BCUT2D eigenvalue weighted by atomic mass is 9.84. The summed E-state index contributed by atoms with van der Waals surface area (Å²) in [6.45, 7) is 1.82. The van der Waals surface area contributed by atoms with Gasteiger partial charge in [-0.25, -0.2) is 4.98 Å². The molecular formula is C12H16Cl2N2O2. The van der Waals surface area contributed by atoms with Crippen molar-refractivity contribution >= 4 is 30.6 Å². The molecular weight excluding hydrogens is 275 g/mol. The smallest absolute Gasteiger partial charge is 0.224 e. The quantitative estimate of drug-likeness (QED) is 0.794. The van der Waals surface area contributed by atoms with E-state index in [1.54, 1.807) is 18.3 Å². The van der Waals surface area contributed by atoms with Crippen molar-refractivity contribution in [3.63, 3.8) is 0 Å². The maximum absolute atomic E-state index is 12.0. The number of halogens is 2. The van der Waals surface area contributed by atoms with Crippen LogP contribution in [0.3, 0.4) is 0 Å². The van der Waals surface area contributed by atoms with Crippen molar-refractivity contribution in [2.75, 3.05) is 13.1 Å². The van der Waals surface area contributed by atoms with Crippen LogP contribution in [0.2, 0.25) is 0 Å². The van der Waals surface area contributed by atoms with Crippen LogP contribution in [-0.4, -0.2) is 29.5 Å². The standard InChI is InChI=1S/C12H14N2O2.2ClH/c15-10-8-12(3-6-13-7-4-12)16-11-9(10)2-1-5-14-11;;/h1-2,5,13H,3-4,6-8H2;2*1H. The van der Waals surface area contributed by atoms with E-state index < -0.39 is 0 Å². The zero-order valence-electron chi connectivity index (χ0n) is 9.85. The Morgan fingerprint density at radius 3 is 2.72 bits per heavy atom. The molecule has 1 fully saturated rings. The average molecular weight is 291 g/mol. The number of ketones is 1. The molecule has 0 amide bonds. The summed E-state index contributed by atoms with van der Waals surface area (Å²) >= 11 is 0. The second-order valence-corrected chi connectivity index (χ2v) is 4.49. The fourth-order valence-electron chi connectivity index (χ4n) is 2.47. The molecule has 3 rings (SSSR count). The van der Waals surface area contributed by atoms with E-state index in [0.717, 1.165) is 25.9 Å². The molecule has 1 N–H and O–H groups in total. The molecule has 0 aromatic carbocycles. The molecule has 100 valence electrons. The van der Waals surface area contributed by atoms with Gasteiger partial charge in [-0.05, 0) is 25.2 Å². The number of fused-ring (bicyclic) bond motifs is 1. The highest BCUT2D eigenvalue weighted by Gasteiger charge is 2.41. The third kappa shape index (κ3) is 2.60. The molecule has 0 saturated carbocycles. The summed E-state index contributed by atoms with van der Waals surface area (Å²) in [7, 11) is 0. The predicted octanol–water partition coefficient (Wildman–Crippen LogP) is 2.01. The molecule has 6 heteroatoms. The molecule has 0 bridgehead atoms. The molecule has 1 saturated heterocycles. The zero-order chi connectivity index (χ0) is 11.0. The molecule has 1 spiro atoms. The monoisotopic (exact) mass is 290 g/mol. The number of carbonyl (C=O) groups is 1. The van der Waals surface area contributed by atoms with Crippen molar-refractivity contribution in [3.05, 3.63) is 23.9 Å². The first-order valence-electron chi connectivity index (χ1n) is 5.67. The van der Waals surface area contributed by atoms with E-state index in [-0.39, 0.29) is 36.2 Å². The van der Waals surface area contributed by atoms with E-state index in [0.29, 0.717) is 17.9 Å². The van der Waals surface area contributed by atoms with E-state index >= 15 is 0 Å². The van der Waals surface area contributed by atoms with E-state index in [4.69, 9.17) is 4.74 Å². The van der Waals surface area contributed by atoms with Crippen molar-refractivity contribution < 1.29 is 9.53 Å². The number of nitrogens with one attached hydrogen (secondary N) is 1. The Labute approximate surface area is 118 Å². The first-order chi connectivity index (χ1) is 7.79. The lowest BCUT2D eigenvalue weighted by Crippen LogP contribution is -2.49. The molecule has 1 aromatic heterocycles. The van der Waals surface area contributed by atoms with Crippen molar-refractivity contribution in [1.82, 2.24) is 10.3 Å². The van der Waals surface area contributed by atoms with E-state index in [9.17, 15) is 4.79 Å². The third-order valence-electron chi connectivity index (χ3n) is 3.38. The second kappa shape index (κ2) is 5.87. The normalized spacial score (nSPS) is 20.1. The molecule has 2 aliphatic rings. The Bertz CT molecular complexity index is 434. The number of nitrogens with zero attached hydrogens (tertiary/aromatic N) is 1. The van der Waals surface area contributed by atoms with Crippen LogP contribution in [0.15, 0.2) is 18.3 Å². The van der Waals surface area contributed by atoms with Gasteiger partial charge in [0.1, 0.15) is 5.60 Å². The Balaban J connectivity index is 0.000000810. The van der Waals surface area contributed by atoms with Gasteiger partial charge in [0.05, 0.1) is 12.0 Å². The number of hydrogen-bond acceptors (Lipinski definition) is 4. The number of ether oxygens (including phenoxy) is 1. The Morgan fingerprint density at radius 1 is 1.28 bits per heavy atom. The van der Waals surface area contributed by atoms with Crippen LogP contribution in [0.4, 0.5) is 0 Å². The molecule has 2 aliphatic heterocycles. The number of rotatable bonds is 0. The number of Topliss-reactive ketones (excluding diaryl/α,β-unsaturated/α-hetero) is 1. The van der Waals surface area contributed by atoms with Gasteiger partial charge in [-0.1, -0.05) is 0 Å². The maximum Gasteiger partial charge on any atom is 0.224 e. The second-order valence-electron chi connectivity index (χ2n) is 4.49. The summed E-state index contributed by atoms with van der Waals surface area (Å²) in [6.07, 6.45) is 3.93. The summed E-state index contributed by atoms with van der Waals surface area (Å²) in [4.78, 5) is 16.2. The molecule has 1 aromatic rings. The summed E-state index contributed by atoms with van der Waals surface area (Å²) < 4.78 is 5.96. The summed E-state index contributed by atoms with van der Waals surface area (Å²) in [5, 5.41) is 3.28. The third-order valence-corrected chi connectivity index (χ3v) is 3.38. The fraction of sp³-hybridized carbons (Fsp3) is 0.500. The van der Waals surface area contributed by atoms with Gasteiger partial charge in [0.2, 0.25) is 5.88 Å². The van der Waals surface area contributed by atoms with Crippen LogP contribution in [0.25, 0.3) is 0 Å². The van der Waals surface area contributed by atoms with Crippen molar-refractivity contribution in [1.29, 1.82) is 0 Å². The van der Waals surface area contributed by atoms with Crippen LogP contribution in [0, 0.1) is 0 Å². The van der Waals surface area contributed by atoms with Gasteiger partial charge >= 0.3 is 0 Å². The average Bonchev–Trinajstić information content (AvgIpc) is 2.30. The van der Waals surface area contributed by atoms with Gasteiger partial charge in [-0.3, -0.25) is 4.79 Å². The molecule has 0 aliphatic carbocycles. The molecule has 3 heterocycles. The first kappa shape index (κ1) is 15.2. The first-order valence-corrected chi connectivity index (χ1v) is 5.67. The number of carbonyl (C=O) groups excluding carboxylic acids is 1. The molecule has 0 atom stereocenters. The molecule has 18 heavy (non-hydrogen) atoms. The number of pyridine rings is 1. The minimum absolute atomic E-state index is 0. The molecule has 4 nitrogen and oxygen atoms in total. The number of piperidine rings is 1. The minimum atomic E-state index is -0.302. The number of aromatic nitrogens is 1. The van der Waals surface area contributed by atoms with Crippen LogP contribution in [-0.2, 0) is 0 Å². The van der Waals surface area contributed by atoms with E-state index in [1.165, 1.54) is 0 Å². The topological polar surface area (TPSA) is 51.2 Å². The van der Waals surface area contributed by atoms with Crippen LogP contribution >= 0.6 is 24.8 Å². The van der Waals surface area contributed by atoms with Crippen molar-refractivity contribution in [3.8, 4) is 5.88 Å². The molecule has 0 unspecified atom stereocenters. The largest absolute Gasteiger partial charge is 0.470 e. The number of hydrogen-bond donors (Lipinski definition) is 1. The van der Waals surface area contributed by atoms with Gasteiger partial charge in [0, 0.05) is 19.0 Å². The Kier molecular flexibility index (Phi) is 4.96. The van der Waals surface area contributed by atoms with Crippen molar-refractivity contribution in [2.24, 2.45) is 0 Å². The van der Waals surface area contributed by atoms with Gasteiger partial charge < -0.3 is 10.1 Å². The zero-order valence-corrected chi connectivity index (χ0v) is 11.5. The summed E-state index contributed by atoms with van der Waals surface area (Å²) in [5.41, 5.74) is 0.329.